The van der Waals surface area contributed by atoms with E-state index < -0.39 is 0 Å². The number of imidazole rings is 1. The number of benzene rings is 2. The molecule has 0 saturated carbocycles. The zero-order valence-electron chi connectivity index (χ0n) is 16.4. The van der Waals surface area contributed by atoms with E-state index in [9.17, 15) is 9.59 Å². The van der Waals surface area contributed by atoms with Crippen LogP contribution in [0.5, 0.6) is 0 Å². The largest absolute Gasteiger partial charge is 0.369 e. The van der Waals surface area contributed by atoms with Crippen LogP contribution in [-0.2, 0) is 9.59 Å². The number of primary amides is 1. The summed E-state index contributed by atoms with van der Waals surface area (Å²) in [5.74, 6) is 0.00678. The van der Waals surface area contributed by atoms with Gasteiger partial charge < -0.3 is 10.6 Å². The molecule has 2 heterocycles. The Morgan fingerprint density at radius 2 is 1.79 bits per heavy atom. The number of amides is 2. The van der Waals surface area contributed by atoms with Crippen LogP contribution in [0.1, 0.15) is 18.4 Å². The minimum Gasteiger partial charge on any atom is -0.369 e. The first-order chi connectivity index (χ1) is 14.0. The molecule has 0 unspecified atom stereocenters. The van der Waals surface area contributed by atoms with Crippen LogP contribution in [0.2, 0.25) is 0 Å². The molecule has 2 amide bonds. The normalized spacial score (nSPS) is 15.0. The van der Waals surface area contributed by atoms with Crippen molar-refractivity contribution in [3.05, 3.63) is 54.1 Å². The van der Waals surface area contributed by atoms with Crippen LogP contribution >= 0.6 is 11.8 Å². The molecule has 1 aliphatic heterocycles. The molecule has 1 fully saturated rings. The molecule has 0 radical (unpaired) electrons. The zero-order chi connectivity index (χ0) is 20.4. The van der Waals surface area contributed by atoms with E-state index in [0.29, 0.717) is 31.7 Å². The van der Waals surface area contributed by atoms with Crippen molar-refractivity contribution >= 4 is 34.6 Å². The highest BCUT2D eigenvalue weighted by atomic mass is 32.2. The van der Waals surface area contributed by atoms with Crippen molar-refractivity contribution in [2.45, 2.75) is 24.9 Å². The van der Waals surface area contributed by atoms with Crippen molar-refractivity contribution in [2.75, 3.05) is 18.8 Å². The van der Waals surface area contributed by atoms with Crippen molar-refractivity contribution in [2.24, 2.45) is 11.7 Å². The van der Waals surface area contributed by atoms with Crippen molar-refractivity contribution in [1.82, 2.24) is 14.5 Å². The molecule has 2 N–H and O–H groups in total. The van der Waals surface area contributed by atoms with E-state index in [1.807, 2.05) is 29.2 Å². The third-order valence-electron chi connectivity index (χ3n) is 5.40. The molecule has 150 valence electrons. The van der Waals surface area contributed by atoms with Gasteiger partial charge in [-0.3, -0.25) is 14.2 Å². The molecular formula is C22H24N4O2S. The van der Waals surface area contributed by atoms with Crippen molar-refractivity contribution in [3.8, 4) is 5.69 Å². The molecule has 1 saturated heterocycles. The van der Waals surface area contributed by atoms with Gasteiger partial charge in [0.15, 0.2) is 5.16 Å². The van der Waals surface area contributed by atoms with E-state index in [1.165, 1.54) is 17.3 Å². The summed E-state index contributed by atoms with van der Waals surface area (Å²) in [6, 6.07) is 16.3. The summed E-state index contributed by atoms with van der Waals surface area (Å²) < 4.78 is 2.10. The maximum absolute atomic E-state index is 12.7. The molecule has 3 aromatic rings. The van der Waals surface area contributed by atoms with Crippen LogP contribution in [0.3, 0.4) is 0 Å². The van der Waals surface area contributed by atoms with E-state index in [2.05, 4.69) is 35.8 Å². The number of rotatable bonds is 5. The summed E-state index contributed by atoms with van der Waals surface area (Å²) in [7, 11) is 0. The number of thioether (sulfide) groups is 1. The zero-order valence-corrected chi connectivity index (χ0v) is 17.2. The van der Waals surface area contributed by atoms with E-state index in [1.54, 1.807) is 0 Å². The quantitative estimate of drug-likeness (QED) is 0.658. The lowest BCUT2D eigenvalue weighted by Crippen LogP contribution is -2.42. The number of carbonyl (C=O) groups excluding carboxylic acids is 2. The first-order valence-corrected chi connectivity index (χ1v) is 10.8. The fourth-order valence-corrected chi connectivity index (χ4v) is 4.61. The fraction of sp³-hybridized carbons (Fsp3) is 0.318. The second kappa shape index (κ2) is 8.29. The lowest BCUT2D eigenvalue weighted by Gasteiger charge is -2.30. The second-order valence-electron chi connectivity index (χ2n) is 7.40. The third kappa shape index (κ3) is 4.15. The molecule has 1 aromatic heterocycles. The van der Waals surface area contributed by atoms with Gasteiger partial charge in [-0.25, -0.2) is 4.98 Å². The molecule has 1 aliphatic rings. The summed E-state index contributed by atoms with van der Waals surface area (Å²) in [5, 5.41) is 0.801. The van der Waals surface area contributed by atoms with Gasteiger partial charge >= 0.3 is 0 Å². The molecule has 29 heavy (non-hydrogen) atoms. The molecule has 0 aliphatic carbocycles. The Balaban J connectivity index is 1.52. The Labute approximate surface area is 174 Å². The number of nitrogens with two attached hydrogens (primary N) is 1. The topological polar surface area (TPSA) is 81.2 Å². The summed E-state index contributed by atoms with van der Waals surface area (Å²) in [5.41, 5.74) is 9.54. The van der Waals surface area contributed by atoms with Crippen LogP contribution in [0.4, 0.5) is 0 Å². The lowest BCUT2D eigenvalue weighted by molar-refractivity contribution is -0.132. The number of likely N-dealkylation sites (tertiary alicyclic amines) is 1. The molecule has 4 rings (SSSR count). The summed E-state index contributed by atoms with van der Waals surface area (Å²) in [4.78, 5) is 30.6. The van der Waals surface area contributed by atoms with E-state index >= 15 is 0 Å². The van der Waals surface area contributed by atoms with Crippen molar-refractivity contribution in [1.29, 1.82) is 0 Å². The minimum absolute atomic E-state index is 0.0698. The predicted octanol–water partition coefficient (Wildman–Crippen LogP) is 3.15. The van der Waals surface area contributed by atoms with E-state index in [4.69, 9.17) is 10.7 Å². The van der Waals surface area contributed by atoms with Gasteiger partial charge in [0, 0.05) is 24.7 Å². The molecule has 7 heteroatoms. The average molecular weight is 409 g/mol. The van der Waals surface area contributed by atoms with E-state index in [-0.39, 0.29) is 17.7 Å². The van der Waals surface area contributed by atoms with Crippen LogP contribution < -0.4 is 5.73 Å². The van der Waals surface area contributed by atoms with Gasteiger partial charge in [-0.15, -0.1) is 0 Å². The smallest absolute Gasteiger partial charge is 0.233 e. The number of carbonyl (C=O) groups is 2. The highest BCUT2D eigenvalue weighted by Crippen LogP contribution is 2.28. The molecule has 0 bridgehead atoms. The number of aryl methyl sites for hydroxylation is 1. The van der Waals surface area contributed by atoms with Crippen molar-refractivity contribution < 1.29 is 9.59 Å². The summed E-state index contributed by atoms with van der Waals surface area (Å²) in [6.07, 6.45) is 1.29. The Hall–Kier alpha value is -2.80. The maximum atomic E-state index is 12.7. The highest BCUT2D eigenvalue weighted by Gasteiger charge is 2.26. The van der Waals surface area contributed by atoms with Gasteiger partial charge in [0.2, 0.25) is 11.8 Å². The maximum Gasteiger partial charge on any atom is 0.233 e. The third-order valence-corrected chi connectivity index (χ3v) is 6.32. The number of aromatic nitrogens is 2. The first-order valence-electron chi connectivity index (χ1n) is 9.77. The molecule has 0 spiro atoms. The number of piperidine rings is 1. The lowest BCUT2D eigenvalue weighted by atomic mass is 9.96. The van der Waals surface area contributed by atoms with Gasteiger partial charge in [0.05, 0.1) is 16.8 Å². The standard InChI is InChI=1S/C22H24N4O2S/c1-15-6-8-17(9-7-15)26-19-5-3-2-4-18(19)24-22(26)29-14-20(27)25-12-10-16(11-13-25)21(23)28/h2-9,16H,10-14H2,1H3,(H2,23,28). The van der Waals surface area contributed by atoms with Crippen LogP contribution in [0, 0.1) is 12.8 Å². The number of para-hydroxylation sites is 2. The van der Waals surface area contributed by atoms with Gasteiger partial charge in [-0.1, -0.05) is 41.6 Å². The monoisotopic (exact) mass is 408 g/mol. The van der Waals surface area contributed by atoms with Crippen LogP contribution in [0.25, 0.3) is 16.7 Å². The summed E-state index contributed by atoms with van der Waals surface area (Å²) in [6.45, 7) is 3.23. The molecule has 2 aromatic carbocycles. The number of hydrogen-bond donors (Lipinski definition) is 1. The Morgan fingerprint density at radius 1 is 1.10 bits per heavy atom. The van der Waals surface area contributed by atoms with Gasteiger partial charge in [-0.2, -0.15) is 0 Å². The number of fused-ring (bicyclic) bond motifs is 1. The van der Waals surface area contributed by atoms with Crippen LogP contribution in [-0.4, -0.2) is 45.1 Å². The van der Waals surface area contributed by atoms with Gasteiger partial charge in [0.25, 0.3) is 0 Å². The molecule has 6 nitrogen and oxygen atoms in total. The van der Waals surface area contributed by atoms with Gasteiger partial charge in [0.1, 0.15) is 0 Å². The van der Waals surface area contributed by atoms with Crippen LogP contribution in [0.15, 0.2) is 53.7 Å². The first kappa shape index (κ1) is 19.5. The predicted molar refractivity (Wildman–Crippen MR) is 115 cm³/mol. The average Bonchev–Trinajstić information content (AvgIpc) is 3.11. The Morgan fingerprint density at radius 3 is 2.48 bits per heavy atom. The fourth-order valence-electron chi connectivity index (χ4n) is 3.68. The number of nitrogens with zero attached hydrogens (tertiary/aromatic N) is 3. The SMILES string of the molecule is Cc1ccc(-n2c(SCC(=O)N3CCC(C(N)=O)CC3)nc3ccccc32)cc1. The molecule has 0 atom stereocenters. The number of hydrogen-bond acceptors (Lipinski definition) is 4. The minimum atomic E-state index is -0.265. The summed E-state index contributed by atoms with van der Waals surface area (Å²) >= 11 is 1.45. The highest BCUT2D eigenvalue weighted by molar-refractivity contribution is 7.99. The van der Waals surface area contributed by atoms with E-state index in [0.717, 1.165) is 21.9 Å². The van der Waals surface area contributed by atoms with Crippen molar-refractivity contribution in [3.63, 3.8) is 0 Å². The van der Waals surface area contributed by atoms with Gasteiger partial charge in [-0.05, 0) is 44.0 Å². The molecular weight excluding hydrogens is 384 g/mol. The Kier molecular flexibility index (Phi) is 5.58. The Bertz CT molecular complexity index is 1040. The second-order valence-corrected chi connectivity index (χ2v) is 8.34.